The lowest BCUT2D eigenvalue weighted by Gasteiger charge is -2.38. The molecule has 0 radical (unpaired) electrons. The van der Waals surface area contributed by atoms with E-state index < -0.39 is 0 Å². The number of hydrogen-bond donors (Lipinski definition) is 0. The standard InChI is InChI=1S/C14H22N2O2/c1-9-14(10(2)18-15-9)8-16-11-4-5-12(16)7-13(6-11)17-3/h11-13H,4-8H2,1-3H3/t11-,12+,13?. The molecule has 4 heteroatoms. The van der Waals surface area contributed by atoms with Crippen LogP contribution in [0.2, 0.25) is 0 Å². The van der Waals surface area contributed by atoms with Crippen LogP contribution in [0.5, 0.6) is 0 Å². The predicted molar refractivity (Wildman–Crippen MR) is 68.4 cm³/mol. The van der Waals surface area contributed by atoms with E-state index in [1.54, 1.807) is 0 Å². The Balaban J connectivity index is 1.75. The third-order valence-electron chi connectivity index (χ3n) is 4.70. The lowest BCUT2D eigenvalue weighted by Crippen LogP contribution is -2.44. The number of methoxy groups -OCH3 is 1. The second-order valence-corrected chi connectivity index (χ2v) is 5.69. The van der Waals surface area contributed by atoms with E-state index in [1.807, 2.05) is 21.0 Å². The van der Waals surface area contributed by atoms with Crippen LogP contribution in [0.4, 0.5) is 0 Å². The van der Waals surface area contributed by atoms with Crippen LogP contribution in [-0.2, 0) is 11.3 Å². The third kappa shape index (κ3) is 1.97. The molecule has 0 aromatic carbocycles. The summed E-state index contributed by atoms with van der Waals surface area (Å²) < 4.78 is 10.8. The van der Waals surface area contributed by atoms with Gasteiger partial charge < -0.3 is 9.26 Å². The number of aromatic nitrogens is 1. The zero-order valence-corrected chi connectivity index (χ0v) is 11.5. The van der Waals surface area contributed by atoms with Crippen molar-refractivity contribution in [2.75, 3.05) is 7.11 Å². The minimum absolute atomic E-state index is 0.461. The first-order valence-electron chi connectivity index (χ1n) is 6.89. The Hall–Kier alpha value is -0.870. The van der Waals surface area contributed by atoms with Crippen molar-refractivity contribution in [1.82, 2.24) is 10.1 Å². The maximum absolute atomic E-state index is 5.55. The van der Waals surface area contributed by atoms with Crippen molar-refractivity contribution in [3.8, 4) is 0 Å². The molecule has 2 saturated heterocycles. The van der Waals surface area contributed by atoms with Crippen molar-refractivity contribution in [3.63, 3.8) is 0 Å². The Bertz CT molecular complexity index is 396. The number of nitrogens with zero attached hydrogens (tertiary/aromatic N) is 2. The van der Waals surface area contributed by atoms with E-state index in [0.717, 1.165) is 18.0 Å². The Labute approximate surface area is 108 Å². The summed E-state index contributed by atoms with van der Waals surface area (Å²) in [6, 6.07) is 1.37. The lowest BCUT2D eigenvalue weighted by atomic mass is 9.98. The van der Waals surface area contributed by atoms with Crippen LogP contribution in [0.1, 0.15) is 42.7 Å². The molecule has 0 N–H and O–H groups in total. The number of fused-ring (bicyclic) bond motifs is 2. The summed E-state index contributed by atoms with van der Waals surface area (Å²) in [6.07, 6.45) is 5.44. The number of ether oxygens (including phenoxy) is 1. The highest BCUT2D eigenvalue weighted by molar-refractivity contribution is 5.21. The van der Waals surface area contributed by atoms with Crippen LogP contribution in [0.3, 0.4) is 0 Å². The second kappa shape index (κ2) is 4.67. The van der Waals surface area contributed by atoms with Gasteiger partial charge in [0.2, 0.25) is 0 Å². The summed E-state index contributed by atoms with van der Waals surface area (Å²) >= 11 is 0. The van der Waals surface area contributed by atoms with Gasteiger partial charge in [0.15, 0.2) is 0 Å². The van der Waals surface area contributed by atoms with Gasteiger partial charge in [-0.25, -0.2) is 0 Å². The van der Waals surface area contributed by atoms with Crippen molar-refractivity contribution in [2.24, 2.45) is 0 Å². The molecular formula is C14H22N2O2. The normalized spacial score (nSPS) is 32.1. The van der Waals surface area contributed by atoms with E-state index in [4.69, 9.17) is 9.26 Å². The topological polar surface area (TPSA) is 38.5 Å². The fraction of sp³-hybridized carbons (Fsp3) is 0.786. The highest BCUT2D eigenvalue weighted by atomic mass is 16.5. The smallest absolute Gasteiger partial charge is 0.138 e. The quantitative estimate of drug-likeness (QED) is 0.826. The van der Waals surface area contributed by atoms with Crippen molar-refractivity contribution in [2.45, 2.75) is 64.3 Å². The summed E-state index contributed by atoms with van der Waals surface area (Å²) in [5, 5.41) is 4.06. The average Bonchev–Trinajstić information content (AvgIpc) is 2.80. The van der Waals surface area contributed by atoms with Crippen molar-refractivity contribution in [3.05, 3.63) is 17.0 Å². The Morgan fingerprint density at radius 1 is 1.28 bits per heavy atom. The van der Waals surface area contributed by atoms with Gasteiger partial charge in [-0.15, -0.1) is 0 Å². The zero-order chi connectivity index (χ0) is 12.7. The molecule has 2 fully saturated rings. The van der Waals surface area contributed by atoms with Crippen molar-refractivity contribution < 1.29 is 9.26 Å². The van der Waals surface area contributed by atoms with E-state index in [9.17, 15) is 0 Å². The van der Waals surface area contributed by atoms with E-state index in [-0.39, 0.29) is 0 Å². The van der Waals surface area contributed by atoms with Crippen LogP contribution < -0.4 is 0 Å². The summed E-state index contributed by atoms with van der Waals surface area (Å²) in [5.74, 6) is 0.973. The number of rotatable bonds is 3. The SMILES string of the molecule is COC1C[C@H]2CC[C@@H](C1)N2Cc1c(C)noc1C. The molecule has 18 heavy (non-hydrogen) atoms. The molecule has 1 aromatic rings. The highest BCUT2D eigenvalue weighted by Crippen LogP contribution is 2.38. The van der Waals surface area contributed by atoms with E-state index in [0.29, 0.717) is 18.2 Å². The van der Waals surface area contributed by atoms with Gasteiger partial charge in [0.05, 0.1) is 11.8 Å². The summed E-state index contributed by atoms with van der Waals surface area (Å²) in [6.45, 7) is 5.04. The molecular weight excluding hydrogens is 228 g/mol. The minimum Gasteiger partial charge on any atom is -0.381 e. The van der Waals surface area contributed by atoms with E-state index in [2.05, 4.69) is 10.1 Å². The number of piperidine rings is 1. The molecule has 1 aromatic heterocycles. The first kappa shape index (κ1) is 12.2. The first-order chi connectivity index (χ1) is 8.69. The molecule has 0 amide bonds. The van der Waals surface area contributed by atoms with Gasteiger partial charge in [-0.3, -0.25) is 4.90 Å². The Kier molecular flexibility index (Phi) is 3.16. The summed E-state index contributed by atoms with van der Waals surface area (Å²) in [7, 11) is 1.84. The third-order valence-corrected chi connectivity index (χ3v) is 4.70. The maximum atomic E-state index is 5.55. The molecule has 0 aliphatic carbocycles. The van der Waals surface area contributed by atoms with Crippen LogP contribution in [0, 0.1) is 13.8 Å². The number of hydrogen-bond acceptors (Lipinski definition) is 4. The molecule has 2 aliphatic rings. The highest BCUT2D eigenvalue weighted by Gasteiger charge is 2.41. The molecule has 3 heterocycles. The lowest BCUT2D eigenvalue weighted by molar-refractivity contribution is 0.00233. The van der Waals surface area contributed by atoms with Gasteiger partial charge in [0.1, 0.15) is 5.76 Å². The van der Waals surface area contributed by atoms with Gasteiger partial charge >= 0.3 is 0 Å². The summed E-state index contributed by atoms with van der Waals surface area (Å²) in [4.78, 5) is 2.64. The second-order valence-electron chi connectivity index (χ2n) is 5.69. The monoisotopic (exact) mass is 250 g/mol. The number of aryl methyl sites for hydroxylation is 2. The molecule has 3 rings (SSSR count). The van der Waals surface area contributed by atoms with Crippen LogP contribution in [0.15, 0.2) is 4.52 Å². The molecule has 2 bridgehead atoms. The van der Waals surface area contributed by atoms with Gasteiger partial charge in [-0.1, -0.05) is 5.16 Å². The largest absolute Gasteiger partial charge is 0.381 e. The fourth-order valence-electron chi connectivity index (χ4n) is 3.59. The van der Waals surface area contributed by atoms with Crippen LogP contribution in [0.25, 0.3) is 0 Å². The molecule has 1 unspecified atom stereocenters. The van der Waals surface area contributed by atoms with Crippen LogP contribution >= 0.6 is 0 Å². The van der Waals surface area contributed by atoms with E-state index >= 15 is 0 Å². The van der Waals surface area contributed by atoms with Gasteiger partial charge in [0, 0.05) is 31.3 Å². The zero-order valence-electron chi connectivity index (χ0n) is 11.5. The Morgan fingerprint density at radius 2 is 1.94 bits per heavy atom. The molecule has 0 saturated carbocycles. The maximum Gasteiger partial charge on any atom is 0.138 e. The van der Waals surface area contributed by atoms with Gasteiger partial charge in [0.25, 0.3) is 0 Å². The Morgan fingerprint density at radius 3 is 2.44 bits per heavy atom. The molecule has 100 valence electrons. The molecule has 0 spiro atoms. The molecule has 3 atom stereocenters. The first-order valence-corrected chi connectivity index (χ1v) is 6.89. The minimum atomic E-state index is 0.461. The van der Waals surface area contributed by atoms with Gasteiger partial charge in [-0.2, -0.15) is 0 Å². The van der Waals surface area contributed by atoms with E-state index in [1.165, 1.54) is 31.2 Å². The predicted octanol–water partition coefficient (Wildman–Crippen LogP) is 2.43. The van der Waals surface area contributed by atoms with Crippen molar-refractivity contribution >= 4 is 0 Å². The average molecular weight is 250 g/mol. The van der Waals surface area contributed by atoms with Crippen molar-refractivity contribution in [1.29, 1.82) is 0 Å². The fourth-order valence-corrected chi connectivity index (χ4v) is 3.59. The summed E-state index contributed by atoms with van der Waals surface area (Å²) in [5.41, 5.74) is 2.32. The molecule has 4 nitrogen and oxygen atoms in total. The molecule has 2 aliphatic heterocycles. The van der Waals surface area contributed by atoms with Crippen LogP contribution in [-0.4, -0.2) is 35.4 Å². The van der Waals surface area contributed by atoms with Gasteiger partial charge in [-0.05, 0) is 39.5 Å².